The first-order valence-electron chi connectivity index (χ1n) is 21.4. The number of hydrogen-bond acceptors (Lipinski definition) is 4. The van der Waals surface area contributed by atoms with Gasteiger partial charge in [-0.2, -0.15) is 0 Å². The first-order chi connectivity index (χ1) is 31.2. The molecule has 0 aliphatic carbocycles. The summed E-state index contributed by atoms with van der Waals surface area (Å²) in [5, 5.41) is 13.8. The highest BCUT2D eigenvalue weighted by atomic mass is 16.3. The number of fused-ring (bicyclic) bond motifs is 10. The maximum atomic E-state index is 6.66. The lowest BCUT2D eigenvalue weighted by atomic mass is 9.88. The number of furan rings is 1. The summed E-state index contributed by atoms with van der Waals surface area (Å²) in [6.07, 6.45) is 0. The van der Waals surface area contributed by atoms with Crippen molar-refractivity contribution in [3.63, 3.8) is 0 Å². The van der Waals surface area contributed by atoms with Crippen LogP contribution in [0.5, 0.6) is 0 Å². The molecular formula is C59H35N3O. The monoisotopic (exact) mass is 801 g/mol. The number of aromatic nitrogens is 3. The largest absolute Gasteiger partial charge is 0.455 e. The second-order valence-corrected chi connectivity index (χ2v) is 16.2. The zero-order chi connectivity index (χ0) is 41.4. The van der Waals surface area contributed by atoms with E-state index in [1.807, 2.05) is 12.1 Å². The van der Waals surface area contributed by atoms with E-state index in [9.17, 15) is 0 Å². The second kappa shape index (κ2) is 14.1. The van der Waals surface area contributed by atoms with Gasteiger partial charge in [0.2, 0.25) is 0 Å². The Kier molecular flexibility index (Phi) is 7.87. The standard InChI is InChI=1S/C59H35N3O/c1-6-21-41-36(16-1)32-33-48(53-35-38-18-3-5-20-40(38)43-23-8-10-25-45(43)53)55(41)59-61-57(60-58(62-59)51-30-15-29-49-47-27-13-14-31-54(47)63-56(49)51)50-28-12-11-26-46(50)52-34-37-17-2-4-19-39(37)42-22-7-9-24-44(42)52/h1-35H. The predicted molar refractivity (Wildman–Crippen MR) is 262 cm³/mol. The lowest BCUT2D eigenvalue weighted by Crippen LogP contribution is -2.03. The summed E-state index contributed by atoms with van der Waals surface area (Å²) in [7, 11) is 0. The highest BCUT2D eigenvalue weighted by Gasteiger charge is 2.24. The average molecular weight is 802 g/mol. The zero-order valence-electron chi connectivity index (χ0n) is 34.0. The summed E-state index contributed by atoms with van der Waals surface area (Å²) in [5.41, 5.74) is 8.57. The fourth-order valence-electron chi connectivity index (χ4n) is 9.86. The van der Waals surface area contributed by atoms with Gasteiger partial charge in [0, 0.05) is 21.9 Å². The van der Waals surface area contributed by atoms with E-state index < -0.39 is 0 Å². The number of benzene rings is 11. The molecule has 292 valence electrons. The second-order valence-electron chi connectivity index (χ2n) is 16.2. The number of para-hydroxylation sites is 2. The van der Waals surface area contributed by atoms with Crippen LogP contribution in [-0.2, 0) is 0 Å². The lowest BCUT2D eigenvalue weighted by Gasteiger charge is -2.18. The highest BCUT2D eigenvalue weighted by molar-refractivity contribution is 6.17. The Morgan fingerprint density at radius 2 is 0.714 bits per heavy atom. The van der Waals surface area contributed by atoms with Crippen molar-refractivity contribution >= 4 is 75.8 Å². The van der Waals surface area contributed by atoms with Crippen molar-refractivity contribution < 1.29 is 4.42 Å². The Hall–Kier alpha value is -8.47. The molecule has 2 aromatic heterocycles. The van der Waals surface area contributed by atoms with Gasteiger partial charge in [-0.1, -0.05) is 188 Å². The van der Waals surface area contributed by atoms with Gasteiger partial charge >= 0.3 is 0 Å². The van der Waals surface area contributed by atoms with Crippen LogP contribution in [0.4, 0.5) is 0 Å². The predicted octanol–water partition coefficient (Wildman–Crippen LogP) is 15.9. The minimum atomic E-state index is 0.542. The van der Waals surface area contributed by atoms with Gasteiger partial charge in [-0.05, 0) is 100 Å². The highest BCUT2D eigenvalue weighted by Crippen LogP contribution is 2.45. The Labute approximate surface area is 362 Å². The zero-order valence-corrected chi connectivity index (χ0v) is 34.0. The maximum Gasteiger partial charge on any atom is 0.167 e. The van der Waals surface area contributed by atoms with E-state index in [0.29, 0.717) is 17.5 Å². The van der Waals surface area contributed by atoms with Crippen molar-refractivity contribution in [2.24, 2.45) is 0 Å². The van der Waals surface area contributed by atoms with Crippen molar-refractivity contribution in [2.45, 2.75) is 0 Å². The molecule has 0 fully saturated rings. The number of hydrogen-bond donors (Lipinski definition) is 0. The first-order valence-corrected chi connectivity index (χ1v) is 21.4. The van der Waals surface area contributed by atoms with Crippen LogP contribution in [-0.4, -0.2) is 15.0 Å². The fourth-order valence-corrected chi connectivity index (χ4v) is 9.86. The normalized spacial score (nSPS) is 11.8. The molecule has 4 nitrogen and oxygen atoms in total. The van der Waals surface area contributed by atoms with Crippen LogP contribution in [0.1, 0.15) is 0 Å². The first kappa shape index (κ1) is 35.3. The van der Waals surface area contributed by atoms with Crippen LogP contribution in [0.3, 0.4) is 0 Å². The smallest absolute Gasteiger partial charge is 0.167 e. The van der Waals surface area contributed by atoms with Gasteiger partial charge in [-0.15, -0.1) is 0 Å². The number of rotatable bonds is 5. The summed E-state index contributed by atoms with van der Waals surface area (Å²) in [6, 6.07) is 75.2. The Morgan fingerprint density at radius 1 is 0.254 bits per heavy atom. The third kappa shape index (κ3) is 5.59. The van der Waals surface area contributed by atoms with E-state index in [4.69, 9.17) is 19.4 Å². The molecule has 0 saturated carbocycles. The maximum absolute atomic E-state index is 6.66. The van der Waals surface area contributed by atoms with E-state index in [0.717, 1.165) is 71.7 Å². The summed E-state index contributed by atoms with van der Waals surface area (Å²) < 4.78 is 6.66. The van der Waals surface area contributed by atoms with Gasteiger partial charge in [-0.25, -0.2) is 15.0 Å². The average Bonchev–Trinajstić information content (AvgIpc) is 3.74. The van der Waals surface area contributed by atoms with Crippen LogP contribution < -0.4 is 0 Å². The molecule has 0 atom stereocenters. The molecule has 13 rings (SSSR count). The molecule has 0 aliphatic heterocycles. The molecular weight excluding hydrogens is 767 g/mol. The van der Waals surface area contributed by atoms with Gasteiger partial charge in [0.05, 0.1) is 5.56 Å². The summed E-state index contributed by atoms with van der Waals surface area (Å²) in [5.74, 6) is 1.71. The third-order valence-electron chi connectivity index (χ3n) is 12.7. The minimum Gasteiger partial charge on any atom is -0.455 e. The van der Waals surface area contributed by atoms with Crippen molar-refractivity contribution in [1.82, 2.24) is 15.0 Å². The van der Waals surface area contributed by atoms with Crippen LogP contribution in [0.15, 0.2) is 217 Å². The third-order valence-corrected chi connectivity index (χ3v) is 12.7. The van der Waals surface area contributed by atoms with Crippen LogP contribution in [0, 0.1) is 0 Å². The molecule has 4 heteroatoms. The summed E-state index contributed by atoms with van der Waals surface area (Å²) in [6.45, 7) is 0. The van der Waals surface area contributed by atoms with E-state index in [1.165, 1.54) is 43.1 Å². The van der Waals surface area contributed by atoms with Gasteiger partial charge in [0.1, 0.15) is 11.2 Å². The molecule has 11 aromatic carbocycles. The SMILES string of the molecule is c1ccc(-c2cc3ccccc3c3ccccc23)c(-c2nc(-c3c(-c4cc5ccccc5c5ccccc45)ccc4ccccc34)nc(-c3cccc4c3oc3ccccc34)n2)c1. The van der Waals surface area contributed by atoms with Gasteiger partial charge in [-0.3, -0.25) is 0 Å². The van der Waals surface area contributed by atoms with Crippen molar-refractivity contribution in [1.29, 1.82) is 0 Å². The minimum absolute atomic E-state index is 0.542. The Balaban J connectivity index is 1.14. The summed E-state index contributed by atoms with van der Waals surface area (Å²) in [4.78, 5) is 16.5. The lowest BCUT2D eigenvalue weighted by molar-refractivity contribution is 0.669. The number of nitrogens with zero attached hydrogens (tertiary/aromatic N) is 3. The van der Waals surface area contributed by atoms with Crippen molar-refractivity contribution in [2.75, 3.05) is 0 Å². The molecule has 13 aromatic rings. The van der Waals surface area contributed by atoms with E-state index in [2.05, 4.69) is 200 Å². The van der Waals surface area contributed by atoms with Crippen LogP contribution >= 0.6 is 0 Å². The van der Waals surface area contributed by atoms with Gasteiger partial charge < -0.3 is 4.42 Å². The summed E-state index contributed by atoms with van der Waals surface area (Å²) >= 11 is 0. The molecule has 0 amide bonds. The van der Waals surface area contributed by atoms with E-state index in [-0.39, 0.29) is 0 Å². The molecule has 63 heavy (non-hydrogen) atoms. The molecule has 2 heterocycles. The quantitative estimate of drug-likeness (QED) is 0.163. The molecule has 0 unspecified atom stereocenters. The van der Waals surface area contributed by atoms with Crippen molar-refractivity contribution in [3.8, 4) is 56.4 Å². The van der Waals surface area contributed by atoms with Gasteiger partial charge in [0.25, 0.3) is 0 Å². The molecule has 0 radical (unpaired) electrons. The fraction of sp³-hybridized carbons (Fsp3) is 0. The van der Waals surface area contributed by atoms with Gasteiger partial charge in [0.15, 0.2) is 17.5 Å². The van der Waals surface area contributed by atoms with Crippen LogP contribution in [0.25, 0.3) is 132 Å². The molecule has 0 bridgehead atoms. The molecule has 0 saturated heterocycles. The molecule has 0 aliphatic rings. The Bertz CT molecular complexity index is 4000. The van der Waals surface area contributed by atoms with Crippen molar-refractivity contribution in [3.05, 3.63) is 212 Å². The van der Waals surface area contributed by atoms with Crippen LogP contribution in [0.2, 0.25) is 0 Å². The Morgan fingerprint density at radius 3 is 1.40 bits per heavy atom. The van der Waals surface area contributed by atoms with E-state index >= 15 is 0 Å². The van der Waals surface area contributed by atoms with E-state index in [1.54, 1.807) is 0 Å². The molecule has 0 N–H and O–H groups in total. The topological polar surface area (TPSA) is 51.8 Å². The molecule has 0 spiro atoms.